The molecular weight excluding hydrogens is 432 g/mol. The van der Waals surface area contributed by atoms with E-state index in [2.05, 4.69) is 26.2 Å². The molecule has 0 bridgehead atoms. The Balaban J connectivity index is 1.14. The van der Waals surface area contributed by atoms with Crippen LogP contribution in [0, 0.1) is 0 Å². The summed E-state index contributed by atoms with van der Waals surface area (Å²) in [5.41, 5.74) is 0.855. The maximum Gasteiger partial charge on any atom is 0.231 e. The van der Waals surface area contributed by atoms with Crippen LogP contribution >= 0.6 is 12.2 Å². The minimum Gasteiger partial charge on any atom is -0.454 e. The Bertz CT molecular complexity index is 996. The number of hydrogen-bond acceptors (Lipinski definition) is 8. The summed E-state index contributed by atoms with van der Waals surface area (Å²) in [6.07, 6.45) is 5.94. The van der Waals surface area contributed by atoms with Gasteiger partial charge in [0.2, 0.25) is 6.79 Å². The summed E-state index contributed by atoms with van der Waals surface area (Å²) in [5, 5.41) is 20.0. The topological polar surface area (TPSA) is 105 Å². The lowest BCUT2D eigenvalue weighted by molar-refractivity contribution is 0.0626. The van der Waals surface area contributed by atoms with Gasteiger partial charge in [-0.15, -0.1) is 5.10 Å². The van der Waals surface area contributed by atoms with Gasteiger partial charge in [-0.3, -0.25) is 0 Å². The van der Waals surface area contributed by atoms with Gasteiger partial charge in [0.25, 0.3) is 0 Å². The SMILES string of the molecule is S=C(NC1CCCCC1)NC1COC2C1OCC2n1nnnc1-c1ccc2c(c1)OCO2. The monoisotopic (exact) mass is 458 g/mol. The maximum atomic E-state index is 6.15. The minimum atomic E-state index is -0.152. The van der Waals surface area contributed by atoms with E-state index in [1.54, 1.807) is 4.68 Å². The van der Waals surface area contributed by atoms with E-state index in [0.29, 0.717) is 35.9 Å². The van der Waals surface area contributed by atoms with E-state index in [0.717, 1.165) is 11.3 Å². The lowest BCUT2D eigenvalue weighted by atomic mass is 9.96. The molecule has 1 saturated carbocycles. The Labute approximate surface area is 190 Å². The largest absolute Gasteiger partial charge is 0.454 e. The molecule has 0 radical (unpaired) electrons. The highest BCUT2D eigenvalue weighted by Gasteiger charge is 2.50. The minimum absolute atomic E-state index is 0.000866. The van der Waals surface area contributed by atoms with Crippen molar-refractivity contribution in [1.29, 1.82) is 0 Å². The molecular formula is C21H26N6O4S. The fourth-order valence-corrected chi connectivity index (χ4v) is 5.42. The third kappa shape index (κ3) is 3.67. The van der Waals surface area contributed by atoms with E-state index in [1.807, 2.05) is 18.2 Å². The molecule has 0 spiro atoms. The summed E-state index contributed by atoms with van der Waals surface area (Å²) >= 11 is 5.57. The average molecular weight is 459 g/mol. The van der Waals surface area contributed by atoms with Crippen molar-refractivity contribution in [3.8, 4) is 22.9 Å². The zero-order valence-corrected chi connectivity index (χ0v) is 18.4. The number of ether oxygens (including phenoxy) is 4. The second-order valence-corrected chi connectivity index (χ2v) is 9.15. The molecule has 1 aliphatic carbocycles. The van der Waals surface area contributed by atoms with Gasteiger partial charge in [-0.2, -0.15) is 0 Å². The zero-order chi connectivity index (χ0) is 21.5. The summed E-state index contributed by atoms with van der Waals surface area (Å²) in [5.74, 6) is 2.06. The van der Waals surface area contributed by atoms with Crippen LogP contribution in [-0.4, -0.2) is 69.6 Å². The standard InChI is InChI=1S/C21H26N6O4S/c32-21(22-13-4-2-1-3-5-13)23-14-9-28-19-15(10-29-18(14)19)27-20(24-25-26-27)12-6-7-16-17(8-12)31-11-30-16/h6-8,13-15,18-19H,1-5,9-11H2,(H2,22,23,32). The Kier molecular flexibility index (Phi) is 5.32. The van der Waals surface area contributed by atoms with Crippen LogP contribution in [0.1, 0.15) is 38.1 Å². The van der Waals surface area contributed by atoms with Crippen LogP contribution in [0.15, 0.2) is 18.2 Å². The molecule has 10 nitrogen and oxygen atoms in total. The second kappa shape index (κ2) is 8.45. The summed E-state index contributed by atoms with van der Waals surface area (Å²) in [6.45, 7) is 1.22. The molecule has 0 amide bonds. The number of benzene rings is 1. The van der Waals surface area contributed by atoms with Crippen LogP contribution < -0.4 is 20.1 Å². The lowest BCUT2D eigenvalue weighted by Crippen LogP contribution is -2.50. The molecule has 1 aromatic carbocycles. The van der Waals surface area contributed by atoms with Gasteiger partial charge in [0, 0.05) is 11.6 Å². The predicted molar refractivity (Wildman–Crippen MR) is 117 cm³/mol. The Morgan fingerprint density at radius 3 is 2.75 bits per heavy atom. The molecule has 2 N–H and O–H groups in total. The van der Waals surface area contributed by atoms with E-state index in [9.17, 15) is 0 Å². The number of hydrogen-bond donors (Lipinski definition) is 2. The van der Waals surface area contributed by atoms with Crippen molar-refractivity contribution in [3.63, 3.8) is 0 Å². The van der Waals surface area contributed by atoms with Crippen LogP contribution in [0.25, 0.3) is 11.4 Å². The zero-order valence-electron chi connectivity index (χ0n) is 17.6. The number of nitrogens with zero attached hydrogens (tertiary/aromatic N) is 4. The Morgan fingerprint density at radius 2 is 1.84 bits per heavy atom. The highest BCUT2D eigenvalue weighted by molar-refractivity contribution is 7.80. The van der Waals surface area contributed by atoms with Gasteiger partial charge >= 0.3 is 0 Å². The number of nitrogens with one attached hydrogen (secondary N) is 2. The third-order valence-corrected chi connectivity index (χ3v) is 6.96. The van der Waals surface area contributed by atoms with Crippen LogP contribution in [0.2, 0.25) is 0 Å². The number of rotatable bonds is 4. The van der Waals surface area contributed by atoms with Crippen molar-refractivity contribution in [2.45, 2.75) is 62.4 Å². The van der Waals surface area contributed by atoms with Gasteiger partial charge in [-0.1, -0.05) is 19.3 Å². The van der Waals surface area contributed by atoms with Gasteiger partial charge in [0.15, 0.2) is 22.4 Å². The van der Waals surface area contributed by atoms with Crippen molar-refractivity contribution in [2.24, 2.45) is 0 Å². The van der Waals surface area contributed by atoms with Gasteiger partial charge in [-0.25, -0.2) is 4.68 Å². The molecule has 4 atom stereocenters. The lowest BCUT2D eigenvalue weighted by Gasteiger charge is -2.26. The van der Waals surface area contributed by atoms with Crippen LogP contribution in [0.5, 0.6) is 11.5 Å². The number of tetrazole rings is 1. The van der Waals surface area contributed by atoms with Gasteiger partial charge in [-0.05, 0) is 53.7 Å². The maximum absolute atomic E-state index is 6.15. The Morgan fingerprint density at radius 1 is 1.00 bits per heavy atom. The van der Waals surface area contributed by atoms with Gasteiger partial charge in [0.1, 0.15) is 18.2 Å². The molecule has 2 saturated heterocycles. The molecule has 32 heavy (non-hydrogen) atoms. The highest BCUT2D eigenvalue weighted by Crippen LogP contribution is 2.38. The first-order chi connectivity index (χ1) is 15.8. The molecule has 3 aliphatic heterocycles. The normalized spacial score (nSPS) is 29.1. The second-order valence-electron chi connectivity index (χ2n) is 8.74. The van der Waals surface area contributed by atoms with Crippen molar-refractivity contribution >= 4 is 17.3 Å². The quantitative estimate of drug-likeness (QED) is 0.656. The van der Waals surface area contributed by atoms with E-state index in [-0.39, 0.29) is 31.1 Å². The number of fused-ring (bicyclic) bond motifs is 2. The van der Waals surface area contributed by atoms with E-state index in [1.165, 1.54) is 32.1 Å². The summed E-state index contributed by atoms with van der Waals surface area (Å²) in [4.78, 5) is 0. The summed E-state index contributed by atoms with van der Waals surface area (Å²) in [6, 6.07) is 6.04. The van der Waals surface area contributed by atoms with Crippen molar-refractivity contribution in [1.82, 2.24) is 30.8 Å². The third-order valence-electron chi connectivity index (χ3n) is 6.72. The van der Waals surface area contributed by atoms with Gasteiger partial charge < -0.3 is 29.6 Å². The van der Waals surface area contributed by atoms with Crippen molar-refractivity contribution < 1.29 is 18.9 Å². The predicted octanol–water partition coefficient (Wildman–Crippen LogP) is 1.57. The smallest absolute Gasteiger partial charge is 0.231 e. The van der Waals surface area contributed by atoms with Crippen LogP contribution in [-0.2, 0) is 9.47 Å². The van der Waals surface area contributed by atoms with Crippen molar-refractivity contribution in [3.05, 3.63) is 18.2 Å². The molecule has 3 fully saturated rings. The Hall–Kier alpha value is -2.50. The molecule has 170 valence electrons. The summed E-state index contributed by atoms with van der Waals surface area (Å²) < 4.78 is 25.0. The molecule has 2 aromatic rings. The molecule has 4 aliphatic rings. The number of aromatic nitrogens is 4. The van der Waals surface area contributed by atoms with Crippen LogP contribution in [0.4, 0.5) is 0 Å². The molecule has 4 heterocycles. The van der Waals surface area contributed by atoms with E-state index >= 15 is 0 Å². The van der Waals surface area contributed by atoms with E-state index < -0.39 is 0 Å². The van der Waals surface area contributed by atoms with E-state index in [4.69, 9.17) is 31.2 Å². The highest BCUT2D eigenvalue weighted by atomic mass is 32.1. The van der Waals surface area contributed by atoms with Crippen molar-refractivity contribution in [2.75, 3.05) is 20.0 Å². The van der Waals surface area contributed by atoms with Gasteiger partial charge in [0.05, 0.1) is 19.3 Å². The fraction of sp³-hybridized carbons (Fsp3) is 0.619. The first kappa shape index (κ1) is 20.1. The first-order valence-corrected chi connectivity index (χ1v) is 11.7. The fourth-order valence-electron chi connectivity index (χ4n) is 5.10. The van der Waals surface area contributed by atoms with Crippen LogP contribution in [0.3, 0.4) is 0 Å². The molecule has 1 aromatic heterocycles. The summed E-state index contributed by atoms with van der Waals surface area (Å²) in [7, 11) is 0. The number of thiocarbonyl (C=S) groups is 1. The first-order valence-electron chi connectivity index (χ1n) is 11.2. The average Bonchev–Trinajstić information content (AvgIpc) is 3.59. The molecule has 11 heteroatoms. The molecule has 6 rings (SSSR count). The molecule has 4 unspecified atom stereocenters.